The third-order valence-electron chi connectivity index (χ3n) is 6.94. The second kappa shape index (κ2) is 12.4. The third-order valence-corrected chi connectivity index (χ3v) is 7.17. The van der Waals surface area contributed by atoms with Gasteiger partial charge in [0.25, 0.3) is 0 Å². The average Bonchev–Trinajstić information content (AvgIpc) is 2.90. The van der Waals surface area contributed by atoms with Crippen LogP contribution in [0.1, 0.15) is 48.5 Å². The molecule has 1 N–H and O–H groups in total. The Kier molecular flexibility index (Phi) is 9.08. The first-order valence-electron chi connectivity index (χ1n) is 12.7. The molecule has 1 saturated heterocycles. The van der Waals surface area contributed by atoms with Crippen molar-refractivity contribution in [1.82, 2.24) is 4.90 Å². The van der Waals surface area contributed by atoms with Crippen LogP contribution in [0.4, 0.5) is 5.69 Å². The summed E-state index contributed by atoms with van der Waals surface area (Å²) in [7, 11) is 0. The topological polar surface area (TPSA) is 35.9 Å². The van der Waals surface area contributed by atoms with E-state index in [9.17, 15) is 5.11 Å². The van der Waals surface area contributed by atoms with E-state index < -0.39 is 6.10 Å². The maximum absolute atomic E-state index is 11.5. The Morgan fingerprint density at radius 3 is 2.31 bits per heavy atom. The fraction of sp³-hybridized carbons (Fsp3) is 0.400. The lowest BCUT2D eigenvalue weighted by atomic mass is 9.88. The molecule has 0 aliphatic carbocycles. The van der Waals surface area contributed by atoms with Gasteiger partial charge in [0.05, 0.1) is 12.7 Å². The number of aryl methyl sites for hydroxylation is 1. The molecule has 0 aromatic heterocycles. The third kappa shape index (κ3) is 6.78. The van der Waals surface area contributed by atoms with Crippen LogP contribution in [0.2, 0.25) is 5.02 Å². The number of hydrogen-bond acceptors (Lipinski definition) is 4. The van der Waals surface area contributed by atoms with Crippen LogP contribution < -0.4 is 9.64 Å². The van der Waals surface area contributed by atoms with Crippen molar-refractivity contribution in [3.8, 4) is 5.75 Å². The fourth-order valence-corrected chi connectivity index (χ4v) is 4.95. The first kappa shape index (κ1) is 25.6. The standard InChI is InChI=1S/C30H37ClN2O2/c1-3-4-20-35-27-14-11-25(12-15-27)30(34)28(24-8-6-5-7-9-24)22-32-16-18-33(19-17-32)29-21-26(31)13-10-23(29)2/h5-15,21,28,30,34H,3-4,16-20,22H2,1-2H3. The highest BCUT2D eigenvalue weighted by atomic mass is 35.5. The molecule has 1 aliphatic rings. The van der Waals surface area contributed by atoms with Gasteiger partial charge in [-0.05, 0) is 54.3 Å². The highest BCUT2D eigenvalue weighted by Gasteiger charge is 2.27. The first-order chi connectivity index (χ1) is 17.0. The highest BCUT2D eigenvalue weighted by Crippen LogP contribution is 2.33. The van der Waals surface area contributed by atoms with Crippen LogP contribution in [0, 0.1) is 6.92 Å². The zero-order chi connectivity index (χ0) is 24.6. The molecule has 1 aliphatic heterocycles. The molecule has 5 heteroatoms. The number of hydrogen-bond donors (Lipinski definition) is 1. The van der Waals surface area contributed by atoms with Crippen molar-refractivity contribution in [2.45, 2.75) is 38.7 Å². The number of halogens is 1. The van der Waals surface area contributed by atoms with Crippen molar-refractivity contribution in [2.24, 2.45) is 0 Å². The summed E-state index contributed by atoms with van der Waals surface area (Å²) in [5.74, 6) is 0.848. The first-order valence-corrected chi connectivity index (χ1v) is 13.1. The number of ether oxygens (including phenoxy) is 1. The van der Waals surface area contributed by atoms with Crippen LogP contribution in [0.3, 0.4) is 0 Å². The Morgan fingerprint density at radius 1 is 0.914 bits per heavy atom. The van der Waals surface area contributed by atoms with Crippen LogP contribution in [-0.4, -0.2) is 49.3 Å². The molecule has 4 nitrogen and oxygen atoms in total. The van der Waals surface area contributed by atoms with Crippen LogP contribution in [0.25, 0.3) is 0 Å². The van der Waals surface area contributed by atoms with Gasteiger partial charge in [-0.15, -0.1) is 0 Å². The predicted molar refractivity (Wildman–Crippen MR) is 146 cm³/mol. The highest BCUT2D eigenvalue weighted by molar-refractivity contribution is 6.30. The van der Waals surface area contributed by atoms with Crippen molar-refractivity contribution in [3.63, 3.8) is 0 Å². The maximum Gasteiger partial charge on any atom is 0.119 e. The molecular formula is C30H37ClN2O2. The van der Waals surface area contributed by atoms with Gasteiger partial charge < -0.3 is 14.7 Å². The van der Waals surface area contributed by atoms with Gasteiger partial charge in [-0.3, -0.25) is 4.90 Å². The lowest BCUT2D eigenvalue weighted by Gasteiger charge is -2.39. The molecule has 0 radical (unpaired) electrons. The normalized spacial score (nSPS) is 16.2. The van der Waals surface area contributed by atoms with E-state index in [1.165, 1.54) is 11.3 Å². The van der Waals surface area contributed by atoms with Crippen LogP contribution >= 0.6 is 11.6 Å². The van der Waals surface area contributed by atoms with E-state index in [1.807, 2.05) is 36.4 Å². The molecule has 1 heterocycles. The van der Waals surface area contributed by atoms with Gasteiger partial charge in [-0.25, -0.2) is 0 Å². The number of benzene rings is 3. The number of aliphatic hydroxyl groups is 1. The average molecular weight is 493 g/mol. The largest absolute Gasteiger partial charge is 0.494 e. The van der Waals surface area contributed by atoms with E-state index in [0.717, 1.165) is 74.1 Å². The Labute approximate surface area is 215 Å². The summed E-state index contributed by atoms with van der Waals surface area (Å²) in [6.45, 7) is 9.63. The second-order valence-corrected chi connectivity index (χ2v) is 9.89. The summed E-state index contributed by atoms with van der Waals surface area (Å²) in [5, 5.41) is 12.3. The molecule has 0 bridgehead atoms. The zero-order valence-corrected chi connectivity index (χ0v) is 21.6. The molecule has 35 heavy (non-hydrogen) atoms. The summed E-state index contributed by atoms with van der Waals surface area (Å²) < 4.78 is 5.81. The van der Waals surface area contributed by atoms with Crippen molar-refractivity contribution >= 4 is 17.3 Å². The summed E-state index contributed by atoms with van der Waals surface area (Å²) in [6, 6.07) is 24.5. The molecule has 3 aromatic rings. The Hall–Kier alpha value is -2.53. The molecule has 1 fully saturated rings. The van der Waals surface area contributed by atoms with Crippen LogP contribution in [-0.2, 0) is 0 Å². The number of piperazine rings is 1. The Bertz CT molecular complexity index is 1050. The SMILES string of the molecule is CCCCOc1ccc(C(O)C(CN2CCN(c3cc(Cl)ccc3C)CC2)c2ccccc2)cc1. The molecule has 2 unspecified atom stereocenters. The van der Waals surface area contributed by atoms with Gasteiger partial charge in [0.15, 0.2) is 0 Å². The molecular weight excluding hydrogens is 456 g/mol. The number of aliphatic hydroxyl groups excluding tert-OH is 1. The van der Waals surface area contributed by atoms with E-state index in [4.69, 9.17) is 16.3 Å². The van der Waals surface area contributed by atoms with E-state index >= 15 is 0 Å². The van der Waals surface area contributed by atoms with Gasteiger partial charge in [-0.2, -0.15) is 0 Å². The summed E-state index contributed by atoms with van der Waals surface area (Å²) >= 11 is 6.26. The van der Waals surface area contributed by atoms with Gasteiger partial charge >= 0.3 is 0 Å². The van der Waals surface area contributed by atoms with Crippen molar-refractivity contribution in [1.29, 1.82) is 0 Å². The number of anilines is 1. The van der Waals surface area contributed by atoms with Crippen molar-refractivity contribution < 1.29 is 9.84 Å². The van der Waals surface area contributed by atoms with Crippen molar-refractivity contribution in [2.75, 3.05) is 44.2 Å². The molecule has 0 saturated carbocycles. The molecule has 186 valence electrons. The summed E-state index contributed by atoms with van der Waals surface area (Å²) in [6.07, 6.45) is 1.57. The Morgan fingerprint density at radius 2 is 1.63 bits per heavy atom. The lowest BCUT2D eigenvalue weighted by Crippen LogP contribution is -2.48. The van der Waals surface area contributed by atoms with Gasteiger partial charge in [-0.1, -0.05) is 73.5 Å². The monoisotopic (exact) mass is 492 g/mol. The number of rotatable bonds is 10. The maximum atomic E-state index is 11.5. The zero-order valence-electron chi connectivity index (χ0n) is 20.9. The molecule has 3 aromatic carbocycles. The van der Waals surface area contributed by atoms with E-state index in [0.29, 0.717) is 0 Å². The molecule has 2 atom stereocenters. The lowest BCUT2D eigenvalue weighted by molar-refractivity contribution is 0.114. The van der Waals surface area contributed by atoms with Crippen molar-refractivity contribution in [3.05, 3.63) is 94.5 Å². The number of unbranched alkanes of at least 4 members (excludes halogenated alkanes) is 1. The van der Waals surface area contributed by atoms with Gasteiger partial charge in [0.2, 0.25) is 0 Å². The fourth-order valence-electron chi connectivity index (χ4n) is 4.79. The minimum absolute atomic E-state index is 0.0116. The smallest absolute Gasteiger partial charge is 0.119 e. The predicted octanol–water partition coefficient (Wildman–Crippen LogP) is 6.47. The molecule has 0 amide bonds. The van der Waals surface area contributed by atoms with Gasteiger partial charge in [0, 0.05) is 49.4 Å². The minimum atomic E-state index is -0.588. The van der Waals surface area contributed by atoms with E-state index in [1.54, 1.807) is 0 Å². The minimum Gasteiger partial charge on any atom is -0.494 e. The van der Waals surface area contributed by atoms with E-state index in [-0.39, 0.29) is 5.92 Å². The van der Waals surface area contributed by atoms with Crippen LogP contribution in [0.15, 0.2) is 72.8 Å². The van der Waals surface area contributed by atoms with Gasteiger partial charge in [0.1, 0.15) is 5.75 Å². The second-order valence-electron chi connectivity index (χ2n) is 9.45. The molecule has 0 spiro atoms. The summed E-state index contributed by atoms with van der Waals surface area (Å²) in [5.41, 5.74) is 4.56. The molecule has 4 rings (SSSR count). The number of nitrogens with zero attached hydrogens (tertiary/aromatic N) is 2. The van der Waals surface area contributed by atoms with Crippen LogP contribution in [0.5, 0.6) is 5.75 Å². The van der Waals surface area contributed by atoms with E-state index in [2.05, 4.69) is 60.0 Å². The Balaban J connectivity index is 1.44. The quantitative estimate of drug-likeness (QED) is 0.329. The summed E-state index contributed by atoms with van der Waals surface area (Å²) in [4.78, 5) is 4.89.